The van der Waals surface area contributed by atoms with E-state index in [0.29, 0.717) is 18.5 Å². The number of amides is 2. The third kappa shape index (κ3) is 6.28. The molecule has 0 aromatic heterocycles. The standard InChI is InChI=1S/C20H23N3O6S2/c1-14(24)21-12-15-2-8-19(9-3-15)31(28,29)23-17-6-4-16(5-7-17)20(25)22-18-10-11-30(26,27)13-18/h2-9,18,23H,10-13H2,1H3,(H,21,24)(H,22,25)/t18-/m0/s1. The van der Waals surface area contributed by atoms with E-state index >= 15 is 0 Å². The number of anilines is 1. The maximum Gasteiger partial charge on any atom is 0.261 e. The Labute approximate surface area is 181 Å². The SMILES string of the molecule is CC(=O)NCc1ccc(S(=O)(=O)Nc2ccc(C(=O)N[C@H]3CCS(=O)(=O)C3)cc2)cc1. The molecule has 1 heterocycles. The summed E-state index contributed by atoms with van der Waals surface area (Å²) in [6.45, 7) is 1.70. The number of hydrogen-bond donors (Lipinski definition) is 3. The Bertz CT molecular complexity index is 1170. The van der Waals surface area contributed by atoms with Gasteiger partial charge in [-0.05, 0) is 48.4 Å². The summed E-state index contributed by atoms with van der Waals surface area (Å²) in [5, 5.41) is 5.32. The van der Waals surface area contributed by atoms with Gasteiger partial charge in [0.05, 0.1) is 16.4 Å². The van der Waals surface area contributed by atoms with Crippen molar-refractivity contribution in [1.82, 2.24) is 10.6 Å². The summed E-state index contributed by atoms with van der Waals surface area (Å²) < 4.78 is 50.6. The molecule has 1 saturated heterocycles. The monoisotopic (exact) mass is 465 g/mol. The molecular weight excluding hydrogens is 442 g/mol. The zero-order chi connectivity index (χ0) is 22.6. The largest absolute Gasteiger partial charge is 0.352 e. The fourth-order valence-electron chi connectivity index (χ4n) is 3.09. The first-order valence-electron chi connectivity index (χ1n) is 9.52. The van der Waals surface area contributed by atoms with Crippen molar-refractivity contribution in [2.75, 3.05) is 16.2 Å². The number of benzene rings is 2. The van der Waals surface area contributed by atoms with Crippen molar-refractivity contribution in [2.24, 2.45) is 0 Å². The van der Waals surface area contributed by atoms with Gasteiger partial charge in [0.2, 0.25) is 5.91 Å². The molecule has 0 aliphatic carbocycles. The molecular formula is C20H23N3O6S2. The van der Waals surface area contributed by atoms with Gasteiger partial charge in [0, 0.05) is 30.8 Å². The highest BCUT2D eigenvalue weighted by Crippen LogP contribution is 2.18. The lowest BCUT2D eigenvalue weighted by Crippen LogP contribution is -2.35. The van der Waals surface area contributed by atoms with Gasteiger partial charge >= 0.3 is 0 Å². The molecule has 2 aromatic rings. The van der Waals surface area contributed by atoms with Crippen molar-refractivity contribution in [2.45, 2.75) is 30.8 Å². The molecule has 0 radical (unpaired) electrons. The van der Waals surface area contributed by atoms with Gasteiger partial charge in [0.1, 0.15) is 0 Å². The molecule has 1 fully saturated rings. The van der Waals surface area contributed by atoms with Crippen molar-refractivity contribution < 1.29 is 26.4 Å². The fourth-order valence-corrected chi connectivity index (χ4v) is 5.83. The minimum Gasteiger partial charge on any atom is -0.352 e. The molecule has 0 bridgehead atoms. The maximum atomic E-state index is 12.6. The van der Waals surface area contributed by atoms with Crippen molar-refractivity contribution in [3.8, 4) is 0 Å². The Balaban J connectivity index is 1.62. The van der Waals surface area contributed by atoms with Crippen LogP contribution in [0.15, 0.2) is 53.4 Å². The Morgan fingerprint density at radius 3 is 2.23 bits per heavy atom. The summed E-state index contributed by atoms with van der Waals surface area (Å²) in [5.41, 5.74) is 1.34. The average molecular weight is 466 g/mol. The number of sulfonamides is 1. The van der Waals surface area contributed by atoms with Crippen LogP contribution in [0, 0.1) is 0 Å². The predicted octanol–water partition coefficient (Wildman–Crippen LogP) is 1.04. The number of sulfone groups is 1. The third-order valence-electron chi connectivity index (χ3n) is 4.74. The highest BCUT2D eigenvalue weighted by Gasteiger charge is 2.29. The van der Waals surface area contributed by atoms with Crippen molar-refractivity contribution in [3.63, 3.8) is 0 Å². The number of carbonyl (C=O) groups is 2. The average Bonchev–Trinajstić information content (AvgIpc) is 3.05. The fraction of sp³-hybridized carbons (Fsp3) is 0.300. The Hall–Kier alpha value is -2.92. The van der Waals surface area contributed by atoms with E-state index in [4.69, 9.17) is 0 Å². The predicted molar refractivity (Wildman–Crippen MR) is 116 cm³/mol. The van der Waals surface area contributed by atoms with Crippen LogP contribution >= 0.6 is 0 Å². The zero-order valence-electron chi connectivity index (χ0n) is 16.8. The van der Waals surface area contributed by atoms with Gasteiger partial charge in [-0.15, -0.1) is 0 Å². The lowest BCUT2D eigenvalue weighted by molar-refractivity contribution is -0.119. The summed E-state index contributed by atoms with van der Waals surface area (Å²) in [7, 11) is -6.93. The Kier molecular flexibility index (Phi) is 6.65. The zero-order valence-corrected chi connectivity index (χ0v) is 18.4. The highest BCUT2D eigenvalue weighted by molar-refractivity contribution is 7.92. The van der Waals surface area contributed by atoms with Gasteiger partial charge in [0.25, 0.3) is 15.9 Å². The van der Waals surface area contributed by atoms with E-state index in [1.54, 1.807) is 12.1 Å². The van der Waals surface area contributed by atoms with Crippen LogP contribution in [0.5, 0.6) is 0 Å². The maximum absolute atomic E-state index is 12.6. The van der Waals surface area contributed by atoms with Gasteiger partial charge in [-0.1, -0.05) is 12.1 Å². The second-order valence-corrected chi connectivity index (χ2v) is 11.2. The second kappa shape index (κ2) is 9.06. The first-order chi connectivity index (χ1) is 14.5. The Morgan fingerprint density at radius 2 is 1.68 bits per heavy atom. The molecule has 3 N–H and O–H groups in total. The van der Waals surface area contributed by atoms with Crippen LogP contribution < -0.4 is 15.4 Å². The van der Waals surface area contributed by atoms with Crippen molar-refractivity contribution in [3.05, 3.63) is 59.7 Å². The minimum absolute atomic E-state index is 0.0586. The number of hydrogen-bond acceptors (Lipinski definition) is 6. The first kappa shape index (κ1) is 22.8. The molecule has 0 saturated carbocycles. The molecule has 1 aliphatic rings. The van der Waals surface area contributed by atoms with E-state index in [9.17, 15) is 26.4 Å². The lowest BCUT2D eigenvalue weighted by atomic mass is 10.1. The summed E-state index contributed by atoms with van der Waals surface area (Å²) in [6, 6.07) is 11.5. The quantitative estimate of drug-likeness (QED) is 0.558. The van der Waals surface area contributed by atoms with Crippen molar-refractivity contribution >= 4 is 37.4 Å². The lowest BCUT2D eigenvalue weighted by Gasteiger charge is -2.12. The molecule has 166 valence electrons. The smallest absolute Gasteiger partial charge is 0.261 e. The number of nitrogens with one attached hydrogen (secondary N) is 3. The molecule has 2 amide bonds. The van der Waals surface area contributed by atoms with Crippen LogP contribution in [0.4, 0.5) is 5.69 Å². The molecule has 3 rings (SSSR count). The molecule has 9 nitrogen and oxygen atoms in total. The van der Waals surface area contributed by atoms with Crippen LogP contribution in [0.25, 0.3) is 0 Å². The number of carbonyl (C=O) groups excluding carboxylic acids is 2. The molecule has 2 aromatic carbocycles. The van der Waals surface area contributed by atoms with Gasteiger partial charge < -0.3 is 10.6 Å². The van der Waals surface area contributed by atoms with Crippen molar-refractivity contribution in [1.29, 1.82) is 0 Å². The summed E-state index contributed by atoms with van der Waals surface area (Å²) >= 11 is 0. The van der Waals surface area contributed by atoms with E-state index in [1.165, 1.54) is 43.3 Å². The second-order valence-electron chi connectivity index (χ2n) is 7.31. The molecule has 11 heteroatoms. The van der Waals surface area contributed by atoms with Gasteiger partial charge in [0.15, 0.2) is 9.84 Å². The van der Waals surface area contributed by atoms with Crippen LogP contribution in [0.2, 0.25) is 0 Å². The van der Waals surface area contributed by atoms with Gasteiger partial charge in [-0.2, -0.15) is 0 Å². The van der Waals surface area contributed by atoms with E-state index in [0.717, 1.165) is 5.56 Å². The van der Waals surface area contributed by atoms with Gasteiger partial charge in [-0.25, -0.2) is 16.8 Å². The van der Waals surface area contributed by atoms with Crippen LogP contribution in [-0.4, -0.2) is 46.2 Å². The first-order valence-corrected chi connectivity index (χ1v) is 12.8. The van der Waals surface area contributed by atoms with Crippen LogP contribution in [0.1, 0.15) is 29.3 Å². The summed E-state index contributed by atoms with van der Waals surface area (Å²) in [4.78, 5) is 23.3. The summed E-state index contributed by atoms with van der Waals surface area (Å²) in [6.07, 6.45) is 0.384. The molecule has 0 spiro atoms. The third-order valence-corrected chi connectivity index (χ3v) is 7.91. The van der Waals surface area contributed by atoms with E-state index in [1.807, 2.05) is 0 Å². The molecule has 31 heavy (non-hydrogen) atoms. The molecule has 1 atom stereocenters. The highest BCUT2D eigenvalue weighted by atomic mass is 32.2. The normalized spacial score (nSPS) is 17.6. The van der Waals surface area contributed by atoms with E-state index in [-0.39, 0.29) is 28.0 Å². The Morgan fingerprint density at radius 1 is 1.03 bits per heavy atom. The topological polar surface area (TPSA) is 139 Å². The summed E-state index contributed by atoms with van der Waals surface area (Å²) in [5.74, 6) is -0.595. The van der Waals surface area contributed by atoms with E-state index in [2.05, 4.69) is 15.4 Å². The molecule has 1 aliphatic heterocycles. The molecule has 0 unspecified atom stereocenters. The van der Waals surface area contributed by atoms with Crippen LogP contribution in [0.3, 0.4) is 0 Å². The van der Waals surface area contributed by atoms with E-state index < -0.39 is 31.8 Å². The minimum atomic E-state index is -3.83. The van der Waals surface area contributed by atoms with Crippen LogP contribution in [-0.2, 0) is 31.2 Å². The van der Waals surface area contributed by atoms with Gasteiger partial charge in [-0.3, -0.25) is 14.3 Å². The number of rotatable bonds is 7.